The molecule has 2 aromatic heterocycles. The quantitative estimate of drug-likeness (QED) is 0.366. The predicted molar refractivity (Wildman–Crippen MR) is 126 cm³/mol. The van der Waals surface area contributed by atoms with Crippen LogP contribution in [0.4, 0.5) is 5.69 Å². The number of hydrogen-bond donors (Lipinski definition) is 3. The van der Waals surface area contributed by atoms with E-state index in [2.05, 4.69) is 9.71 Å². The molecule has 33 heavy (non-hydrogen) atoms. The third-order valence-corrected chi connectivity index (χ3v) is 7.31. The number of fused-ring (bicyclic) bond motifs is 1. The van der Waals surface area contributed by atoms with E-state index in [1.54, 1.807) is 5.38 Å². The summed E-state index contributed by atoms with van der Waals surface area (Å²) in [5.41, 5.74) is -0.679. The first-order valence-corrected chi connectivity index (χ1v) is 12.3. The van der Waals surface area contributed by atoms with E-state index in [0.717, 1.165) is 32.2 Å². The maximum Gasteiger partial charge on any atom is 0.358 e. The van der Waals surface area contributed by atoms with Crippen molar-refractivity contribution in [2.45, 2.75) is 6.42 Å². The van der Waals surface area contributed by atoms with Crippen molar-refractivity contribution in [2.75, 3.05) is 10.5 Å². The van der Waals surface area contributed by atoms with Gasteiger partial charge in [0.15, 0.2) is 11.5 Å². The number of nitrogens with one attached hydrogen (secondary N) is 1. The molecular weight excluding hydrogens is 466 g/mol. The van der Waals surface area contributed by atoms with Crippen LogP contribution in [-0.2, 0) is 23.5 Å². The summed E-state index contributed by atoms with van der Waals surface area (Å²) in [6.07, 6.45) is 0.287. The van der Waals surface area contributed by atoms with Gasteiger partial charge in [0, 0.05) is 7.05 Å². The van der Waals surface area contributed by atoms with E-state index in [4.69, 9.17) is 0 Å². The Morgan fingerprint density at radius 2 is 1.88 bits per heavy atom. The number of carbonyl (C=O) groups is 1. The number of carboxylic acid groups (broad SMARTS) is 1. The second-order valence-corrected chi connectivity index (χ2v) is 10.0. The zero-order valence-electron chi connectivity index (χ0n) is 17.3. The molecule has 0 saturated carbocycles. The van der Waals surface area contributed by atoms with E-state index in [0.29, 0.717) is 0 Å². The Morgan fingerprint density at radius 1 is 1.15 bits per heavy atom. The number of sulfonamides is 1. The fraction of sp³-hybridized carbons (Fsp3) is 0.136. The molecular formula is C22H19N3O6S2. The topological polar surface area (TPSA) is 139 Å². The Bertz CT molecular complexity index is 1530. The predicted octanol–water partition coefficient (Wildman–Crippen LogP) is 3.05. The molecule has 0 atom stereocenters. The lowest BCUT2D eigenvalue weighted by Crippen LogP contribution is -2.23. The zero-order valence-corrected chi connectivity index (χ0v) is 19.0. The van der Waals surface area contributed by atoms with Crippen LogP contribution in [0.2, 0.25) is 0 Å². The number of nitrogens with zero attached hydrogens (tertiary/aromatic N) is 2. The first kappa shape index (κ1) is 22.5. The van der Waals surface area contributed by atoms with Crippen molar-refractivity contribution in [3.63, 3.8) is 0 Å². The minimum absolute atomic E-state index is 0.0723. The number of aromatic carboxylic acids is 1. The summed E-state index contributed by atoms with van der Waals surface area (Å²) in [7, 11) is -2.47. The minimum Gasteiger partial charge on any atom is -0.501 e. The lowest BCUT2D eigenvalue weighted by atomic mass is 10.0. The number of aryl methyl sites for hydroxylation is 1. The molecule has 0 bridgehead atoms. The van der Waals surface area contributed by atoms with Gasteiger partial charge in [-0.25, -0.2) is 18.2 Å². The van der Waals surface area contributed by atoms with Gasteiger partial charge in [0.05, 0.1) is 16.3 Å². The molecule has 0 aliphatic heterocycles. The maximum atomic E-state index is 12.8. The van der Waals surface area contributed by atoms with Crippen LogP contribution in [0.15, 0.2) is 58.7 Å². The SMILES string of the molecule is Cn1c(-c2sccc2NS(=O)(=O)CCc2cccc3ccccc23)nc(C(=O)O)c(O)c1=O. The number of carboxylic acids is 1. The summed E-state index contributed by atoms with van der Waals surface area (Å²) >= 11 is 1.09. The van der Waals surface area contributed by atoms with Crippen molar-refractivity contribution < 1.29 is 23.4 Å². The van der Waals surface area contributed by atoms with E-state index in [1.807, 2.05) is 42.5 Å². The fourth-order valence-electron chi connectivity index (χ4n) is 3.48. The second kappa shape index (κ2) is 8.68. The smallest absolute Gasteiger partial charge is 0.358 e. The highest BCUT2D eigenvalue weighted by Crippen LogP contribution is 2.33. The van der Waals surface area contributed by atoms with Crippen LogP contribution in [0.5, 0.6) is 5.75 Å². The third-order valence-electron chi connectivity index (χ3n) is 5.12. The molecule has 0 unspecified atom stereocenters. The summed E-state index contributed by atoms with van der Waals surface area (Å²) in [5, 5.41) is 22.6. The minimum atomic E-state index is -3.78. The van der Waals surface area contributed by atoms with Crippen LogP contribution in [0.3, 0.4) is 0 Å². The average molecular weight is 486 g/mol. The van der Waals surface area contributed by atoms with Gasteiger partial charge in [0.1, 0.15) is 0 Å². The molecule has 0 amide bonds. The van der Waals surface area contributed by atoms with E-state index in [-0.39, 0.29) is 28.6 Å². The molecule has 0 aliphatic rings. The monoisotopic (exact) mass is 485 g/mol. The van der Waals surface area contributed by atoms with Crippen molar-refractivity contribution in [1.29, 1.82) is 0 Å². The summed E-state index contributed by atoms with van der Waals surface area (Å²) in [6, 6.07) is 15.0. The van der Waals surface area contributed by atoms with E-state index < -0.39 is 33.0 Å². The zero-order chi connectivity index (χ0) is 23.8. The molecule has 4 rings (SSSR count). The summed E-state index contributed by atoms with van der Waals surface area (Å²) in [5.74, 6) is -2.81. The van der Waals surface area contributed by atoms with Gasteiger partial charge in [-0.05, 0) is 34.2 Å². The molecule has 11 heteroatoms. The van der Waals surface area contributed by atoms with Crippen molar-refractivity contribution >= 4 is 43.8 Å². The van der Waals surface area contributed by atoms with Crippen LogP contribution in [0.25, 0.3) is 21.5 Å². The van der Waals surface area contributed by atoms with Crippen molar-refractivity contribution in [3.8, 4) is 16.5 Å². The highest BCUT2D eigenvalue weighted by atomic mass is 32.2. The largest absolute Gasteiger partial charge is 0.501 e. The fourth-order valence-corrected chi connectivity index (χ4v) is 5.51. The Morgan fingerprint density at radius 3 is 2.64 bits per heavy atom. The number of benzene rings is 2. The molecule has 0 spiro atoms. The Hall–Kier alpha value is -3.70. The van der Waals surface area contributed by atoms with Gasteiger partial charge >= 0.3 is 5.97 Å². The van der Waals surface area contributed by atoms with Gasteiger partial charge < -0.3 is 10.2 Å². The Kier molecular flexibility index (Phi) is 5.91. The average Bonchev–Trinajstić information content (AvgIpc) is 3.23. The molecule has 2 heterocycles. The molecule has 9 nitrogen and oxygen atoms in total. The maximum absolute atomic E-state index is 12.8. The molecule has 0 saturated heterocycles. The standard InChI is InChI=1S/C22H19N3O6S2/c1-25-20(23-17(22(28)29)18(26)21(25)27)19-16(9-11-32-19)24-33(30,31)12-10-14-7-4-6-13-5-2-3-8-15(13)14/h2-9,11,24,26H,10,12H2,1H3,(H,28,29). The highest BCUT2D eigenvalue weighted by molar-refractivity contribution is 7.92. The molecule has 3 N–H and O–H groups in total. The number of thiophene rings is 1. The van der Waals surface area contributed by atoms with Crippen LogP contribution < -0.4 is 10.3 Å². The van der Waals surface area contributed by atoms with Crippen LogP contribution in [0, 0.1) is 0 Å². The van der Waals surface area contributed by atoms with Gasteiger partial charge in [-0.3, -0.25) is 14.1 Å². The van der Waals surface area contributed by atoms with Crippen LogP contribution in [0.1, 0.15) is 16.1 Å². The number of hydrogen-bond acceptors (Lipinski definition) is 7. The first-order chi connectivity index (χ1) is 15.7. The van der Waals surface area contributed by atoms with Gasteiger partial charge in [0.2, 0.25) is 15.8 Å². The van der Waals surface area contributed by atoms with Crippen molar-refractivity contribution in [3.05, 3.63) is 75.5 Å². The van der Waals surface area contributed by atoms with Crippen LogP contribution in [-0.4, -0.2) is 39.9 Å². The van der Waals surface area contributed by atoms with Gasteiger partial charge in [-0.15, -0.1) is 11.3 Å². The van der Waals surface area contributed by atoms with E-state index in [1.165, 1.54) is 13.1 Å². The third kappa shape index (κ3) is 4.45. The molecule has 2 aromatic carbocycles. The van der Waals surface area contributed by atoms with Crippen molar-refractivity contribution in [2.24, 2.45) is 7.05 Å². The van der Waals surface area contributed by atoms with Crippen LogP contribution >= 0.6 is 11.3 Å². The molecule has 0 aliphatic carbocycles. The summed E-state index contributed by atoms with van der Waals surface area (Å²) in [4.78, 5) is 27.7. The van der Waals surface area contributed by atoms with E-state index in [9.17, 15) is 28.2 Å². The lowest BCUT2D eigenvalue weighted by molar-refractivity contribution is 0.0686. The first-order valence-electron chi connectivity index (χ1n) is 9.76. The normalized spacial score (nSPS) is 11.5. The molecule has 0 fully saturated rings. The van der Waals surface area contributed by atoms with Crippen molar-refractivity contribution in [1.82, 2.24) is 9.55 Å². The van der Waals surface area contributed by atoms with Gasteiger partial charge in [-0.1, -0.05) is 42.5 Å². The molecule has 0 radical (unpaired) electrons. The van der Waals surface area contributed by atoms with Gasteiger partial charge in [0.25, 0.3) is 5.56 Å². The number of anilines is 1. The molecule has 170 valence electrons. The number of rotatable bonds is 7. The number of aromatic hydroxyl groups is 1. The number of aromatic nitrogens is 2. The summed E-state index contributed by atoms with van der Waals surface area (Å²) < 4.78 is 29.2. The molecule has 4 aromatic rings. The highest BCUT2D eigenvalue weighted by Gasteiger charge is 2.23. The second-order valence-electron chi connectivity index (χ2n) is 7.27. The Balaban J connectivity index is 1.62. The Labute approximate surface area is 192 Å². The lowest BCUT2D eigenvalue weighted by Gasteiger charge is -2.12. The summed E-state index contributed by atoms with van der Waals surface area (Å²) in [6.45, 7) is 0. The van der Waals surface area contributed by atoms with E-state index >= 15 is 0 Å². The van der Waals surface area contributed by atoms with Gasteiger partial charge in [-0.2, -0.15) is 0 Å².